The number of hydrogen-bond acceptors (Lipinski definition) is 4. The van der Waals surface area contributed by atoms with E-state index in [2.05, 4.69) is 21.2 Å². The number of carboxylic acid groups (broad SMARTS) is 1. The van der Waals surface area contributed by atoms with E-state index in [4.69, 9.17) is 5.11 Å². The standard InChI is InChI=1S/C12H15BrN2O3S/c13-8-4-9(19-7-8)5-14-11(16)6-15-3-1-2-10(15)12(17)18/h4,7,10H,1-3,5-6H2,(H,14,16)(H,17,18)/t10-/m0/s1. The molecule has 0 aliphatic carbocycles. The number of nitrogens with one attached hydrogen (secondary N) is 1. The van der Waals surface area contributed by atoms with E-state index < -0.39 is 12.0 Å². The molecule has 1 aromatic rings. The summed E-state index contributed by atoms with van der Waals surface area (Å²) >= 11 is 4.93. The van der Waals surface area contributed by atoms with Gasteiger partial charge in [0, 0.05) is 14.7 Å². The maximum absolute atomic E-state index is 11.8. The number of carbonyl (C=O) groups is 2. The number of likely N-dealkylation sites (tertiary alicyclic amines) is 1. The van der Waals surface area contributed by atoms with Crippen LogP contribution in [0.3, 0.4) is 0 Å². The molecule has 1 fully saturated rings. The molecule has 1 aliphatic rings. The number of halogens is 1. The zero-order valence-corrected chi connectivity index (χ0v) is 12.7. The summed E-state index contributed by atoms with van der Waals surface area (Å²) < 4.78 is 1.01. The van der Waals surface area contributed by atoms with E-state index in [1.165, 1.54) is 0 Å². The molecule has 2 N–H and O–H groups in total. The second-order valence-corrected chi connectivity index (χ2v) is 6.39. The van der Waals surface area contributed by atoms with E-state index in [-0.39, 0.29) is 12.5 Å². The molecule has 0 spiro atoms. The number of nitrogens with zero attached hydrogens (tertiary/aromatic N) is 1. The molecule has 0 radical (unpaired) electrons. The number of hydrogen-bond donors (Lipinski definition) is 2. The van der Waals surface area contributed by atoms with Crippen LogP contribution in [0.25, 0.3) is 0 Å². The Hall–Kier alpha value is -0.920. The molecule has 1 atom stereocenters. The first-order chi connectivity index (χ1) is 9.06. The van der Waals surface area contributed by atoms with Crippen LogP contribution in [0.4, 0.5) is 0 Å². The molecule has 2 rings (SSSR count). The average Bonchev–Trinajstić information content (AvgIpc) is 2.95. The highest BCUT2D eigenvalue weighted by atomic mass is 79.9. The van der Waals surface area contributed by atoms with Crippen molar-refractivity contribution in [2.24, 2.45) is 0 Å². The lowest BCUT2D eigenvalue weighted by atomic mass is 10.2. The van der Waals surface area contributed by atoms with Gasteiger partial charge in [0.1, 0.15) is 6.04 Å². The van der Waals surface area contributed by atoms with Crippen molar-refractivity contribution in [3.63, 3.8) is 0 Å². The number of thiophene rings is 1. The Morgan fingerprint density at radius 3 is 3.00 bits per heavy atom. The van der Waals surface area contributed by atoms with Gasteiger partial charge in [-0.05, 0) is 41.4 Å². The topological polar surface area (TPSA) is 69.6 Å². The van der Waals surface area contributed by atoms with Crippen LogP contribution in [0.15, 0.2) is 15.9 Å². The predicted octanol–water partition coefficient (Wildman–Crippen LogP) is 1.68. The number of aliphatic carboxylic acids is 1. The van der Waals surface area contributed by atoms with E-state index in [1.54, 1.807) is 16.2 Å². The first-order valence-corrected chi connectivity index (χ1v) is 7.70. The van der Waals surface area contributed by atoms with Crippen molar-refractivity contribution >= 4 is 39.1 Å². The Morgan fingerprint density at radius 1 is 1.58 bits per heavy atom. The molecular weight excluding hydrogens is 332 g/mol. The molecule has 7 heteroatoms. The molecule has 1 amide bonds. The molecule has 104 valence electrons. The van der Waals surface area contributed by atoms with Gasteiger partial charge in [-0.3, -0.25) is 14.5 Å². The van der Waals surface area contributed by atoms with Crippen LogP contribution < -0.4 is 5.32 Å². The van der Waals surface area contributed by atoms with Gasteiger partial charge in [0.05, 0.1) is 13.1 Å². The largest absolute Gasteiger partial charge is 0.480 e. The first kappa shape index (κ1) is 14.5. The van der Waals surface area contributed by atoms with E-state index in [0.717, 1.165) is 15.8 Å². The van der Waals surface area contributed by atoms with Crippen LogP contribution in [-0.4, -0.2) is 41.0 Å². The minimum Gasteiger partial charge on any atom is -0.480 e. The second-order valence-electron chi connectivity index (χ2n) is 4.47. The molecule has 0 saturated carbocycles. The Bertz CT molecular complexity index is 477. The maximum atomic E-state index is 11.8. The quantitative estimate of drug-likeness (QED) is 0.850. The van der Waals surface area contributed by atoms with Crippen LogP contribution in [-0.2, 0) is 16.1 Å². The Labute approximate surface area is 123 Å². The Kier molecular flexibility index (Phi) is 4.95. The molecule has 19 heavy (non-hydrogen) atoms. The summed E-state index contributed by atoms with van der Waals surface area (Å²) in [4.78, 5) is 25.6. The Balaban J connectivity index is 1.79. The molecule has 1 aliphatic heterocycles. The van der Waals surface area contributed by atoms with Crippen LogP contribution in [0.5, 0.6) is 0 Å². The van der Waals surface area contributed by atoms with Crippen LogP contribution in [0.1, 0.15) is 17.7 Å². The van der Waals surface area contributed by atoms with Crippen molar-refractivity contribution in [3.05, 3.63) is 20.8 Å². The monoisotopic (exact) mass is 346 g/mol. The van der Waals surface area contributed by atoms with E-state index in [0.29, 0.717) is 19.5 Å². The fourth-order valence-corrected chi connectivity index (χ4v) is 3.56. The van der Waals surface area contributed by atoms with Gasteiger partial charge in [-0.25, -0.2) is 0 Å². The fraction of sp³-hybridized carbons (Fsp3) is 0.500. The van der Waals surface area contributed by atoms with E-state index in [1.807, 2.05) is 11.4 Å². The summed E-state index contributed by atoms with van der Waals surface area (Å²) in [5.74, 6) is -0.967. The predicted molar refractivity (Wildman–Crippen MR) is 76.1 cm³/mol. The maximum Gasteiger partial charge on any atom is 0.320 e. The van der Waals surface area contributed by atoms with Gasteiger partial charge in [-0.15, -0.1) is 11.3 Å². The normalized spacial score (nSPS) is 19.5. The highest BCUT2D eigenvalue weighted by Crippen LogP contribution is 2.19. The summed E-state index contributed by atoms with van der Waals surface area (Å²) in [6.45, 7) is 1.32. The van der Waals surface area contributed by atoms with Gasteiger partial charge in [0.2, 0.25) is 5.91 Å². The highest BCUT2D eigenvalue weighted by molar-refractivity contribution is 9.10. The smallest absolute Gasteiger partial charge is 0.320 e. The zero-order valence-electron chi connectivity index (χ0n) is 10.3. The SMILES string of the molecule is O=C(CN1CCC[C@H]1C(=O)O)NCc1cc(Br)cs1. The molecule has 1 aromatic heterocycles. The lowest BCUT2D eigenvalue weighted by Gasteiger charge is -2.20. The van der Waals surface area contributed by atoms with E-state index >= 15 is 0 Å². The number of carboxylic acids is 1. The number of amides is 1. The van der Waals surface area contributed by atoms with Crippen molar-refractivity contribution < 1.29 is 14.7 Å². The van der Waals surface area contributed by atoms with Crippen LogP contribution >= 0.6 is 27.3 Å². The minimum atomic E-state index is -0.840. The second kappa shape index (κ2) is 6.49. The molecular formula is C12H15BrN2O3S. The fourth-order valence-electron chi connectivity index (χ4n) is 2.17. The average molecular weight is 347 g/mol. The highest BCUT2D eigenvalue weighted by Gasteiger charge is 2.31. The third-order valence-electron chi connectivity index (χ3n) is 3.08. The van der Waals surface area contributed by atoms with Crippen LogP contribution in [0.2, 0.25) is 0 Å². The summed E-state index contributed by atoms with van der Waals surface area (Å²) in [5.41, 5.74) is 0. The lowest BCUT2D eigenvalue weighted by Crippen LogP contribution is -2.42. The number of rotatable bonds is 5. The van der Waals surface area contributed by atoms with E-state index in [9.17, 15) is 9.59 Å². The molecule has 0 bridgehead atoms. The summed E-state index contributed by atoms with van der Waals surface area (Å²) in [7, 11) is 0. The summed E-state index contributed by atoms with van der Waals surface area (Å²) in [6.07, 6.45) is 1.46. The van der Waals surface area contributed by atoms with Gasteiger partial charge in [0.15, 0.2) is 0 Å². The van der Waals surface area contributed by atoms with Crippen molar-refractivity contribution in [2.75, 3.05) is 13.1 Å². The van der Waals surface area contributed by atoms with Gasteiger partial charge >= 0.3 is 5.97 Å². The van der Waals surface area contributed by atoms with Gasteiger partial charge in [0.25, 0.3) is 0 Å². The third-order valence-corrected chi connectivity index (χ3v) is 4.77. The molecule has 0 aromatic carbocycles. The number of carbonyl (C=O) groups excluding carboxylic acids is 1. The van der Waals surface area contributed by atoms with Crippen molar-refractivity contribution in [3.8, 4) is 0 Å². The van der Waals surface area contributed by atoms with Crippen molar-refractivity contribution in [1.82, 2.24) is 10.2 Å². The van der Waals surface area contributed by atoms with Gasteiger partial charge in [-0.1, -0.05) is 0 Å². The molecule has 0 unspecified atom stereocenters. The zero-order chi connectivity index (χ0) is 13.8. The lowest BCUT2D eigenvalue weighted by molar-refractivity contribution is -0.142. The molecule has 1 saturated heterocycles. The minimum absolute atomic E-state index is 0.127. The summed E-state index contributed by atoms with van der Waals surface area (Å²) in [5, 5.41) is 13.8. The Morgan fingerprint density at radius 2 is 2.37 bits per heavy atom. The molecule has 5 nitrogen and oxygen atoms in total. The van der Waals surface area contributed by atoms with Crippen LogP contribution in [0, 0.1) is 0 Å². The van der Waals surface area contributed by atoms with Crippen molar-refractivity contribution in [1.29, 1.82) is 0 Å². The summed E-state index contributed by atoms with van der Waals surface area (Å²) in [6, 6.07) is 1.45. The van der Waals surface area contributed by atoms with Gasteiger partial charge < -0.3 is 10.4 Å². The third kappa shape index (κ3) is 4.02. The van der Waals surface area contributed by atoms with Crippen molar-refractivity contribution in [2.45, 2.75) is 25.4 Å². The molecule has 2 heterocycles. The van der Waals surface area contributed by atoms with Gasteiger partial charge in [-0.2, -0.15) is 0 Å². The first-order valence-electron chi connectivity index (χ1n) is 6.02.